The Morgan fingerprint density at radius 1 is 1.27 bits per heavy atom. The zero-order chi connectivity index (χ0) is 18.8. The van der Waals surface area contributed by atoms with Gasteiger partial charge < -0.3 is 10.1 Å². The van der Waals surface area contributed by atoms with Crippen LogP contribution in [0.25, 0.3) is 10.9 Å². The number of halogens is 2. The number of aromatic nitrogens is 2. The van der Waals surface area contributed by atoms with E-state index < -0.39 is 10.7 Å². The highest BCUT2D eigenvalue weighted by Crippen LogP contribution is 2.35. The highest BCUT2D eigenvalue weighted by Gasteiger charge is 2.20. The van der Waals surface area contributed by atoms with Crippen LogP contribution in [-0.4, -0.2) is 21.0 Å². The van der Waals surface area contributed by atoms with Crippen molar-refractivity contribution in [3.8, 4) is 5.75 Å². The fraction of sp³-hybridized carbons (Fsp3) is 0.176. The Hall–Kier alpha value is -3.00. The van der Waals surface area contributed by atoms with Crippen molar-refractivity contribution in [1.29, 1.82) is 0 Å². The molecule has 0 aliphatic heterocycles. The van der Waals surface area contributed by atoms with Crippen LogP contribution in [0.2, 0.25) is 5.02 Å². The third kappa shape index (κ3) is 3.65. The Labute approximate surface area is 152 Å². The normalized spacial score (nSPS) is 11.0. The summed E-state index contributed by atoms with van der Waals surface area (Å²) in [6.07, 6.45) is 1.09. The number of nitro groups is 1. The molecule has 1 aromatic heterocycles. The molecule has 26 heavy (non-hydrogen) atoms. The first-order valence-corrected chi connectivity index (χ1v) is 8.05. The number of fused-ring (bicyclic) bond motifs is 1. The van der Waals surface area contributed by atoms with E-state index in [1.807, 2.05) is 0 Å². The van der Waals surface area contributed by atoms with Gasteiger partial charge in [-0.3, -0.25) is 10.1 Å². The predicted octanol–water partition coefficient (Wildman–Crippen LogP) is 4.86. The van der Waals surface area contributed by atoms with Crippen LogP contribution in [0.1, 0.15) is 13.8 Å². The van der Waals surface area contributed by atoms with Crippen LogP contribution < -0.4 is 10.1 Å². The maximum atomic E-state index is 13.3. The van der Waals surface area contributed by atoms with Crippen molar-refractivity contribution < 1.29 is 14.1 Å². The van der Waals surface area contributed by atoms with Crippen LogP contribution in [0.3, 0.4) is 0 Å². The first kappa shape index (κ1) is 17.8. The zero-order valence-corrected chi connectivity index (χ0v) is 14.6. The third-order valence-electron chi connectivity index (χ3n) is 3.46. The second kappa shape index (κ2) is 7.09. The molecular weight excluding hydrogens is 363 g/mol. The molecule has 0 atom stereocenters. The predicted molar refractivity (Wildman–Crippen MR) is 96.6 cm³/mol. The second-order valence-electron chi connectivity index (χ2n) is 5.74. The summed E-state index contributed by atoms with van der Waals surface area (Å²) in [5.41, 5.74) is 0.764. The Morgan fingerprint density at radius 3 is 2.69 bits per heavy atom. The number of ether oxygens (including phenoxy) is 1. The number of nitro benzene ring substituents is 1. The Balaban J connectivity index is 2.10. The van der Waals surface area contributed by atoms with Crippen molar-refractivity contribution in [3.05, 3.63) is 57.6 Å². The summed E-state index contributed by atoms with van der Waals surface area (Å²) < 4.78 is 18.8. The Morgan fingerprint density at radius 2 is 2.04 bits per heavy atom. The lowest BCUT2D eigenvalue weighted by Gasteiger charge is -2.12. The lowest BCUT2D eigenvalue weighted by atomic mass is 10.2. The number of hydrogen-bond donors (Lipinski definition) is 1. The highest BCUT2D eigenvalue weighted by molar-refractivity contribution is 6.31. The highest BCUT2D eigenvalue weighted by atomic mass is 35.5. The molecule has 9 heteroatoms. The summed E-state index contributed by atoms with van der Waals surface area (Å²) in [5.74, 6) is -0.0836. The minimum absolute atomic E-state index is 0.0491. The molecule has 0 saturated heterocycles. The molecule has 0 radical (unpaired) electrons. The fourth-order valence-corrected chi connectivity index (χ4v) is 2.55. The number of hydrogen-bond acceptors (Lipinski definition) is 6. The van der Waals surface area contributed by atoms with Crippen molar-refractivity contribution in [2.45, 2.75) is 20.0 Å². The number of nitrogens with one attached hydrogen (secondary N) is 1. The van der Waals surface area contributed by atoms with E-state index in [1.165, 1.54) is 36.7 Å². The molecule has 0 bridgehead atoms. The number of rotatable bonds is 5. The number of benzene rings is 2. The molecule has 0 fully saturated rings. The second-order valence-corrected chi connectivity index (χ2v) is 6.14. The standard InChI is InChI=1S/C17H14ClFN4O3/c1-9(2)26-16-7-14-11(6-15(16)23(24)25)17(21-8-20-14)22-10-3-4-13(19)12(18)5-10/h3-9H,1-2H3,(H,20,21,22). The average molecular weight is 377 g/mol. The number of nitrogens with zero attached hydrogens (tertiary/aromatic N) is 3. The van der Waals surface area contributed by atoms with Gasteiger partial charge in [0.15, 0.2) is 5.75 Å². The van der Waals surface area contributed by atoms with Crippen molar-refractivity contribution in [1.82, 2.24) is 9.97 Å². The molecule has 0 spiro atoms. The topological polar surface area (TPSA) is 90.2 Å². The summed E-state index contributed by atoms with van der Waals surface area (Å²) >= 11 is 5.78. The molecule has 1 N–H and O–H groups in total. The lowest BCUT2D eigenvalue weighted by molar-refractivity contribution is -0.385. The molecule has 3 aromatic rings. The van der Waals surface area contributed by atoms with Gasteiger partial charge in [-0.05, 0) is 32.0 Å². The summed E-state index contributed by atoms with van der Waals surface area (Å²) in [7, 11) is 0. The van der Waals surface area contributed by atoms with Crippen molar-refractivity contribution in [2.24, 2.45) is 0 Å². The van der Waals surface area contributed by atoms with E-state index >= 15 is 0 Å². The van der Waals surface area contributed by atoms with Crippen LogP contribution in [0, 0.1) is 15.9 Å². The van der Waals surface area contributed by atoms with E-state index in [9.17, 15) is 14.5 Å². The fourth-order valence-electron chi connectivity index (χ4n) is 2.37. The van der Waals surface area contributed by atoms with Gasteiger partial charge in [0.05, 0.1) is 27.0 Å². The van der Waals surface area contributed by atoms with Gasteiger partial charge in [-0.15, -0.1) is 0 Å². The minimum atomic E-state index is -0.545. The molecule has 0 aliphatic carbocycles. The molecule has 3 rings (SSSR count). The molecule has 0 saturated carbocycles. The smallest absolute Gasteiger partial charge is 0.311 e. The maximum absolute atomic E-state index is 13.3. The molecule has 134 valence electrons. The Bertz CT molecular complexity index is 997. The molecule has 7 nitrogen and oxygen atoms in total. The number of anilines is 2. The van der Waals surface area contributed by atoms with E-state index in [4.69, 9.17) is 16.3 Å². The summed E-state index contributed by atoms with van der Waals surface area (Å²) in [6, 6.07) is 6.94. The van der Waals surface area contributed by atoms with Crippen LogP contribution in [0.4, 0.5) is 21.6 Å². The van der Waals surface area contributed by atoms with Gasteiger partial charge in [0.1, 0.15) is 18.0 Å². The average Bonchev–Trinajstić information content (AvgIpc) is 2.57. The molecule has 2 aromatic carbocycles. The zero-order valence-electron chi connectivity index (χ0n) is 13.9. The third-order valence-corrected chi connectivity index (χ3v) is 3.75. The van der Waals surface area contributed by atoms with Gasteiger partial charge in [0.25, 0.3) is 0 Å². The quantitative estimate of drug-likeness (QED) is 0.505. The van der Waals surface area contributed by atoms with Gasteiger partial charge in [-0.1, -0.05) is 11.6 Å². The van der Waals surface area contributed by atoms with Crippen LogP contribution in [0.15, 0.2) is 36.7 Å². The van der Waals surface area contributed by atoms with E-state index in [1.54, 1.807) is 13.8 Å². The van der Waals surface area contributed by atoms with Crippen LogP contribution in [0.5, 0.6) is 5.75 Å². The first-order chi connectivity index (χ1) is 12.3. The maximum Gasteiger partial charge on any atom is 0.311 e. The summed E-state index contributed by atoms with van der Waals surface area (Å²) in [4.78, 5) is 19.1. The molecule has 0 amide bonds. The van der Waals surface area contributed by atoms with E-state index in [-0.39, 0.29) is 22.6 Å². The van der Waals surface area contributed by atoms with E-state index in [0.717, 1.165) is 0 Å². The van der Waals surface area contributed by atoms with Gasteiger partial charge in [0, 0.05) is 17.8 Å². The van der Waals surface area contributed by atoms with Crippen molar-refractivity contribution in [3.63, 3.8) is 0 Å². The van der Waals surface area contributed by atoms with Crippen LogP contribution in [-0.2, 0) is 0 Å². The first-order valence-electron chi connectivity index (χ1n) is 7.67. The summed E-state index contributed by atoms with van der Waals surface area (Å²) in [6.45, 7) is 3.55. The van der Waals surface area contributed by atoms with Crippen molar-refractivity contribution in [2.75, 3.05) is 5.32 Å². The molecule has 0 unspecified atom stereocenters. The van der Waals surface area contributed by atoms with Gasteiger partial charge >= 0.3 is 5.69 Å². The summed E-state index contributed by atoms with van der Waals surface area (Å²) in [5, 5.41) is 14.8. The molecular formula is C17H14ClFN4O3. The SMILES string of the molecule is CC(C)Oc1cc2ncnc(Nc3ccc(F)c(Cl)c3)c2cc1[N+](=O)[O-]. The van der Waals surface area contributed by atoms with E-state index in [2.05, 4.69) is 15.3 Å². The lowest BCUT2D eigenvalue weighted by Crippen LogP contribution is -2.08. The molecule has 0 aliphatic rings. The Kier molecular flexibility index (Phi) is 4.85. The van der Waals surface area contributed by atoms with Crippen LogP contribution >= 0.6 is 11.6 Å². The minimum Gasteiger partial charge on any atom is -0.484 e. The monoisotopic (exact) mass is 376 g/mol. The van der Waals surface area contributed by atoms with Gasteiger partial charge in [-0.2, -0.15) is 0 Å². The van der Waals surface area contributed by atoms with Crippen molar-refractivity contribution >= 4 is 39.7 Å². The largest absolute Gasteiger partial charge is 0.484 e. The van der Waals surface area contributed by atoms with E-state index in [0.29, 0.717) is 22.4 Å². The van der Waals surface area contributed by atoms with Gasteiger partial charge in [-0.25, -0.2) is 14.4 Å². The molecule has 1 heterocycles. The van der Waals surface area contributed by atoms with Gasteiger partial charge in [0.2, 0.25) is 0 Å².